The molecule has 0 bridgehead atoms. The van der Waals surface area contributed by atoms with Gasteiger partial charge in [0, 0.05) is 13.7 Å². The first-order chi connectivity index (χ1) is 8.88. The van der Waals surface area contributed by atoms with Gasteiger partial charge in [0.2, 0.25) is 0 Å². The number of carbonyl (C=O) groups is 1. The van der Waals surface area contributed by atoms with Crippen LogP contribution in [-0.2, 0) is 14.3 Å². The van der Waals surface area contributed by atoms with Crippen molar-refractivity contribution in [2.24, 2.45) is 5.92 Å². The lowest BCUT2D eigenvalue weighted by molar-refractivity contribution is -0.149. The summed E-state index contributed by atoms with van der Waals surface area (Å²) in [5.41, 5.74) is -1.14. The first-order valence-electron chi connectivity index (χ1n) is 6.99. The molecule has 0 aliphatic heterocycles. The number of ether oxygens (including phenoxy) is 2. The molecule has 1 aliphatic rings. The van der Waals surface area contributed by atoms with Crippen molar-refractivity contribution in [2.45, 2.75) is 51.2 Å². The van der Waals surface area contributed by atoms with E-state index in [1.807, 2.05) is 20.8 Å². The van der Waals surface area contributed by atoms with E-state index in [0.717, 1.165) is 19.3 Å². The number of hydrogen-bond donors (Lipinski definition) is 2. The lowest BCUT2D eigenvalue weighted by Gasteiger charge is -2.31. The fraction of sp³-hybridized carbons (Fsp3) is 0.929. The molecular formula is C14H27NO4. The van der Waals surface area contributed by atoms with Crippen LogP contribution in [0.3, 0.4) is 0 Å². The molecule has 0 heterocycles. The Morgan fingerprint density at radius 3 is 2.47 bits per heavy atom. The van der Waals surface area contributed by atoms with Gasteiger partial charge in [-0.3, -0.25) is 10.1 Å². The molecule has 1 saturated carbocycles. The van der Waals surface area contributed by atoms with E-state index < -0.39 is 11.5 Å². The maximum Gasteiger partial charge on any atom is 0.326 e. The zero-order chi connectivity index (χ0) is 14.5. The Morgan fingerprint density at radius 2 is 2.05 bits per heavy atom. The predicted octanol–water partition coefficient (Wildman–Crippen LogP) is 1.66. The standard InChI is InChI=1S/C14H27NO4/c1-5-15-14(12(16)17,11-6-7-11)10-19-9-8-13(2,3)18-4/h11,15H,5-10H2,1-4H3,(H,16,17). The van der Waals surface area contributed by atoms with Gasteiger partial charge >= 0.3 is 5.97 Å². The third-order valence-electron chi connectivity index (χ3n) is 3.88. The Hall–Kier alpha value is -0.650. The molecule has 5 heteroatoms. The molecule has 1 fully saturated rings. The molecule has 0 spiro atoms. The number of rotatable bonds is 10. The summed E-state index contributed by atoms with van der Waals surface area (Å²) >= 11 is 0. The first-order valence-corrected chi connectivity index (χ1v) is 6.99. The van der Waals surface area contributed by atoms with Gasteiger partial charge in [0.1, 0.15) is 5.54 Å². The van der Waals surface area contributed by atoms with Crippen LogP contribution < -0.4 is 5.32 Å². The minimum absolute atomic E-state index is 0.195. The zero-order valence-corrected chi connectivity index (χ0v) is 12.5. The van der Waals surface area contributed by atoms with Crippen LogP contribution in [0.25, 0.3) is 0 Å². The van der Waals surface area contributed by atoms with Crippen LogP contribution in [0.15, 0.2) is 0 Å². The van der Waals surface area contributed by atoms with Gasteiger partial charge in [-0.1, -0.05) is 6.92 Å². The van der Waals surface area contributed by atoms with E-state index in [4.69, 9.17) is 9.47 Å². The van der Waals surface area contributed by atoms with Crippen molar-refractivity contribution in [3.63, 3.8) is 0 Å². The van der Waals surface area contributed by atoms with Crippen molar-refractivity contribution < 1.29 is 19.4 Å². The van der Waals surface area contributed by atoms with E-state index in [9.17, 15) is 9.90 Å². The van der Waals surface area contributed by atoms with Crippen molar-refractivity contribution in [2.75, 3.05) is 26.9 Å². The van der Waals surface area contributed by atoms with E-state index >= 15 is 0 Å². The fourth-order valence-electron chi connectivity index (χ4n) is 2.17. The lowest BCUT2D eigenvalue weighted by atomic mass is 9.94. The minimum atomic E-state index is -0.911. The van der Waals surface area contributed by atoms with E-state index in [0.29, 0.717) is 13.2 Å². The Balaban J connectivity index is 2.48. The maximum atomic E-state index is 11.6. The molecule has 2 N–H and O–H groups in total. The normalized spacial score (nSPS) is 19.2. The number of likely N-dealkylation sites (N-methyl/N-ethyl adjacent to an activating group) is 1. The van der Waals surface area contributed by atoms with Gasteiger partial charge in [0.15, 0.2) is 0 Å². The molecule has 1 unspecified atom stereocenters. The molecule has 1 rings (SSSR count). The zero-order valence-electron chi connectivity index (χ0n) is 12.5. The summed E-state index contributed by atoms with van der Waals surface area (Å²) in [5, 5.41) is 12.6. The number of methoxy groups -OCH3 is 1. The highest BCUT2D eigenvalue weighted by molar-refractivity contribution is 5.80. The topological polar surface area (TPSA) is 67.8 Å². The highest BCUT2D eigenvalue weighted by atomic mass is 16.5. The van der Waals surface area contributed by atoms with Gasteiger partial charge in [-0.25, -0.2) is 0 Å². The summed E-state index contributed by atoms with van der Waals surface area (Å²) in [5.74, 6) is -0.608. The monoisotopic (exact) mass is 273 g/mol. The highest BCUT2D eigenvalue weighted by Gasteiger charge is 2.51. The Bertz CT molecular complexity index is 302. The first kappa shape index (κ1) is 16.4. The molecule has 5 nitrogen and oxygen atoms in total. The van der Waals surface area contributed by atoms with Crippen LogP contribution in [0.4, 0.5) is 0 Å². The van der Waals surface area contributed by atoms with Gasteiger partial charge < -0.3 is 14.6 Å². The van der Waals surface area contributed by atoms with E-state index in [1.54, 1.807) is 7.11 Å². The van der Waals surface area contributed by atoms with Crippen LogP contribution in [0.2, 0.25) is 0 Å². The summed E-state index contributed by atoms with van der Waals surface area (Å²) in [6, 6.07) is 0. The van der Waals surface area contributed by atoms with Crippen molar-refractivity contribution in [1.29, 1.82) is 0 Å². The second-order valence-electron chi connectivity index (χ2n) is 5.85. The minimum Gasteiger partial charge on any atom is -0.480 e. The highest BCUT2D eigenvalue weighted by Crippen LogP contribution is 2.40. The average molecular weight is 273 g/mol. The molecule has 0 radical (unpaired) electrons. The van der Waals surface area contributed by atoms with Crippen LogP contribution in [0, 0.1) is 5.92 Å². The van der Waals surface area contributed by atoms with E-state index in [2.05, 4.69) is 5.32 Å². The molecule has 0 aromatic rings. The average Bonchev–Trinajstić information content (AvgIpc) is 3.17. The summed E-state index contributed by atoms with van der Waals surface area (Å²) in [6.45, 7) is 7.27. The lowest BCUT2D eigenvalue weighted by Crippen LogP contribution is -2.57. The van der Waals surface area contributed by atoms with E-state index in [-0.39, 0.29) is 18.1 Å². The van der Waals surface area contributed by atoms with Crippen LogP contribution in [-0.4, -0.2) is 49.1 Å². The van der Waals surface area contributed by atoms with Crippen LogP contribution in [0.1, 0.15) is 40.0 Å². The van der Waals surface area contributed by atoms with Crippen LogP contribution in [0.5, 0.6) is 0 Å². The number of carboxylic acids is 1. The number of aliphatic carboxylic acids is 1. The van der Waals surface area contributed by atoms with Crippen molar-refractivity contribution in [3.8, 4) is 0 Å². The molecular weight excluding hydrogens is 246 g/mol. The van der Waals surface area contributed by atoms with Gasteiger partial charge in [-0.15, -0.1) is 0 Å². The summed E-state index contributed by atoms with van der Waals surface area (Å²) in [6.07, 6.45) is 2.68. The van der Waals surface area contributed by atoms with Crippen molar-refractivity contribution in [3.05, 3.63) is 0 Å². The number of hydrogen-bond acceptors (Lipinski definition) is 4. The molecule has 112 valence electrons. The van der Waals surface area contributed by atoms with Gasteiger partial charge in [-0.05, 0) is 45.6 Å². The van der Waals surface area contributed by atoms with Gasteiger partial charge in [-0.2, -0.15) is 0 Å². The number of carboxylic acid groups (broad SMARTS) is 1. The quantitative estimate of drug-likeness (QED) is 0.593. The second kappa shape index (κ2) is 6.68. The summed E-state index contributed by atoms with van der Waals surface area (Å²) < 4.78 is 10.9. The molecule has 1 aliphatic carbocycles. The van der Waals surface area contributed by atoms with E-state index in [1.165, 1.54) is 0 Å². The third kappa shape index (κ3) is 4.44. The third-order valence-corrected chi connectivity index (χ3v) is 3.88. The Labute approximate surface area is 115 Å². The van der Waals surface area contributed by atoms with Crippen molar-refractivity contribution >= 4 is 5.97 Å². The van der Waals surface area contributed by atoms with Crippen molar-refractivity contribution in [1.82, 2.24) is 5.32 Å². The molecule has 0 saturated heterocycles. The molecule has 0 aromatic carbocycles. The molecule has 0 amide bonds. The molecule has 1 atom stereocenters. The van der Waals surface area contributed by atoms with Gasteiger partial charge in [0.05, 0.1) is 12.2 Å². The van der Waals surface area contributed by atoms with Crippen LogP contribution >= 0.6 is 0 Å². The van der Waals surface area contributed by atoms with Gasteiger partial charge in [0.25, 0.3) is 0 Å². The molecule has 19 heavy (non-hydrogen) atoms. The largest absolute Gasteiger partial charge is 0.480 e. The fourth-order valence-corrected chi connectivity index (χ4v) is 2.17. The summed E-state index contributed by atoms with van der Waals surface area (Å²) in [7, 11) is 1.67. The summed E-state index contributed by atoms with van der Waals surface area (Å²) in [4.78, 5) is 11.6. The smallest absolute Gasteiger partial charge is 0.326 e. The molecule has 0 aromatic heterocycles. The Morgan fingerprint density at radius 1 is 1.42 bits per heavy atom. The SMILES string of the molecule is CCNC(COCCC(C)(C)OC)(C(=O)O)C1CC1. The Kier molecular flexibility index (Phi) is 5.77. The predicted molar refractivity (Wildman–Crippen MR) is 73.3 cm³/mol. The maximum absolute atomic E-state index is 11.6. The second-order valence-corrected chi connectivity index (χ2v) is 5.85. The number of nitrogens with one attached hydrogen (secondary N) is 1.